The standard InChI is InChI=1S/C12H21N3/c1-5-13-12-7-6-11(8-14-12)9-15(4)10(2)3/h6-8,10H,5,9H2,1-4H3,(H,13,14). The van der Waals surface area contributed by atoms with Gasteiger partial charge in [-0.15, -0.1) is 0 Å². The molecule has 1 rings (SSSR count). The Kier molecular flexibility index (Phi) is 4.56. The summed E-state index contributed by atoms with van der Waals surface area (Å²) in [7, 11) is 2.13. The SMILES string of the molecule is CCNc1ccc(CN(C)C(C)C)cn1. The van der Waals surface area contributed by atoms with E-state index in [0.29, 0.717) is 6.04 Å². The molecule has 3 nitrogen and oxygen atoms in total. The third kappa shape index (κ3) is 3.88. The molecule has 1 aromatic rings. The van der Waals surface area contributed by atoms with Gasteiger partial charge in [-0.05, 0) is 39.4 Å². The summed E-state index contributed by atoms with van der Waals surface area (Å²) in [5, 5.41) is 3.19. The molecule has 0 spiro atoms. The van der Waals surface area contributed by atoms with Crippen LogP contribution in [0.5, 0.6) is 0 Å². The summed E-state index contributed by atoms with van der Waals surface area (Å²) in [6, 6.07) is 4.73. The van der Waals surface area contributed by atoms with Crippen LogP contribution in [0.25, 0.3) is 0 Å². The Morgan fingerprint density at radius 3 is 2.60 bits per heavy atom. The molecule has 0 fully saturated rings. The lowest BCUT2D eigenvalue weighted by atomic mass is 10.2. The summed E-state index contributed by atoms with van der Waals surface area (Å²) in [6.07, 6.45) is 1.94. The zero-order valence-electron chi connectivity index (χ0n) is 10.1. The smallest absolute Gasteiger partial charge is 0.125 e. The second kappa shape index (κ2) is 5.71. The lowest BCUT2D eigenvalue weighted by Gasteiger charge is -2.20. The van der Waals surface area contributed by atoms with Gasteiger partial charge < -0.3 is 5.32 Å². The van der Waals surface area contributed by atoms with E-state index in [1.165, 1.54) is 5.56 Å². The van der Waals surface area contributed by atoms with E-state index in [0.717, 1.165) is 18.9 Å². The highest BCUT2D eigenvalue weighted by Crippen LogP contribution is 2.08. The third-order valence-electron chi connectivity index (χ3n) is 2.50. The van der Waals surface area contributed by atoms with Crippen LogP contribution < -0.4 is 5.32 Å². The van der Waals surface area contributed by atoms with Crippen molar-refractivity contribution in [1.29, 1.82) is 0 Å². The number of pyridine rings is 1. The molecular weight excluding hydrogens is 186 g/mol. The molecule has 84 valence electrons. The van der Waals surface area contributed by atoms with Gasteiger partial charge in [0.2, 0.25) is 0 Å². The van der Waals surface area contributed by atoms with Gasteiger partial charge in [0, 0.05) is 25.3 Å². The highest BCUT2D eigenvalue weighted by molar-refractivity contribution is 5.35. The Labute approximate surface area is 92.5 Å². The van der Waals surface area contributed by atoms with E-state index in [9.17, 15) is 0 Å². The maximum absolute atomic E-state index is 4.34. The summed E-state index contributed by atoms with van der Waals surface area (Å²) < 4.78 is 0. The molecule has 1 heterocycles. The fourth-order valence-corrected chi connectivity index (χ4v) is 1.27. The Morgan fingerprint density at radius 2 is 2.13 bits per heavy atom. The molecule has 0 radical (unpaired) electrons. The Morgan fingerprint density at radius 1 is 1.40 bits per heavy atom. The first-order valence-electron chi connectivity index (χ1n) is 5.52. The lowest BCUT2D eigenvalue weighted by molar-refractivity contribution is 0.265. The van der Waals surface area contributed by atoms with E-state index in [-0.39, 0.29) is 0 Å². The average molecular weight is 207 g/mol. The van der Waals surface area contributed by atoms with Crippen LogP contribution in [0.4, 0.5) is 5.82 Å². The highest BCUT2D eigenvalue weighted by atomic mass is 15.1. The summed E-state index contributed by atoms with van der Waals surface area (Å²) in [4.78, 5) is 6.64. The fraction of sp³-hybridized carbons (Fsp3) is 0.583. The molecule has 1 N–H and O–H groups in total. The van der Waals surface area contributed by atoms with Gasteiger partial charge in [0.1, 0.15) is 5.82 Å². The van der Waals surface area contributed by atoms with Crippen LogP contribution in [0.15, 0.2) is 18.3 Å². The van der Waals surface area contributed by atoms with E-state index in [1.54, 1.807) is 0 Å². The molecule has 1 aromatic heterocycles. The van der Waals surface area contributed by atoms with Crippen molar-refractivity contribution in [2.24, 2.45) is 0 Å². The molecular formula is C12H21N3. The largest absolute Gasteiger partial charge is 0.370 e. The Balaban J connectivity index is 2.56. The molecule has 3 heteroatoms. The number of hydrogen-bond donors (Lipinski definition) is 1. The fourth-order valence-electron chi connectivity index (χ4n) is 1.27. The maximum atomic E-state index is 4.34. The molecule has 0 atom stereocenters. The van der Waals surface area contributed by atoms with Crippen molar-refractivity contribution in [2.45, 2.75) is 33.4 Å². The minimum Gasteiger partial charge on any atom is -0.370 e. The first-order valence-corrected chi connectivity index (χ1v) is 5.52. The number of rotatable bonds is 5. The number of nitrogens with zero attached hydrogens (tertiary/aromatic N) is 2. The second-order valence-electron chi connectivity index (χ2n) is 4.09. The molecule has 0 aliphatic carbocycles. The van der Waals surface area contributed by atoms with Gasteiger partial charge in [-0.2, -0.15) is 0 Å². The van der Waals surface area contributed by atoms with Crippen LogP contribution in [0.2, 0.25) is 0 Å². The zero-order valence-corrected chi connectivity index (χ0v) is 10.1. The topological polar surface area (TPSA) is 28.2 Å². The van der Waals surface area contributed by atoms with E-state index < -0.39 is 0 Å². The lowest BCUT2D eigenvalue weighted by Crippen LogP contribution is -2.25. The molecule has 15 heavy (non-hydrogen) atoms. The molecule has 0 saturated carbocycles. The predicted octanol–water partition coefficient (Wildman–Crippen LogP) is 2.35. The van der Waals surface area contributed by atoms with Crippen molar-refractivity contribution in [3.8, 4) is 0 Å². The van der Waals surface area contributed by atoms with Gasteiger partial charge in [-0.25, -0.2) is 4.98 Å². The summed E-state index contributed by atoms with van der Waals surface area (Å²) in [5.41, 5.74) is 1.26. The summed E-state index contributed by atoms with van der Waals surface area (Å²) in [6.45, 7) is 8.33. The molecule has 0 saturated heterocycles. The number of nitrogens with one attached hydrogen (secondary N) is 1. The van der Waals surface area contributed by atoms with Crippen LogP contribution >= 0.6 is 0 Å². The highest BCUT2D eigenvalue weighted by Gasteiger charge is 2.04. The van der Waals surface area contributed by atoms with Gasteiger partial charge in [-0.1, -0.05) is 6.07 Å². The molecule has 0 unspecified atom stereocenters. The number of anilines is 1. The number of hydrogen-bond acceptors (Lipinski definition) is 3. The summed E-state index contributed by atoms with van der Waals surface area (Å²) >= 11 is 0. The van der Waals surface area contributed by atoms with Crippen LogP contribution in [-0.2, 0) is 6.54 Å². The normalized spacial score (nSPS) is 11.1. The van der Waals surface area contributed by atoms with E-state index in [4.69, 9.17) is 0 Å². The van der Waals surface area contributed by atoms with Gasteiger partial charge in [0.05, 0.1) is 0 Å². The van der Waals surface area contributed by atoms with Crippen LogP contribution in [0.1, 0.15) is 26.3 Å². The molecule has 0 aliphatic rings. The Bertz CT molecular complexity index is 279. The molecule has 0 bridgehead atoms. The quantitative estimate of drug-likeness (QED) is 0.803. The van der Waals surface area contributed by atoms with Crippen molar-refractivity contribution in [3.05, 3.63) is 23.9 Å². The van der Waals surface area contributed by atoms with Gasteiger partial charge in [0.15, 0.2) is 0 Å². The van der Waals surface area contributed by atoms with Crippen LogP contribution in [0, 0.1) is 0 Å². The average Bonchev–Trinajstić information content (AvgIpc) is 2.21. The molecule has 0 amide bonds. The monoisotopic (exact) mass is 207 g/mol. The van der Waals surface area contributed by atoms with Crippen molar-refractivity contribution in [2.75, 3.05) is 18.9 Å². The van der Waals surface area contributed by atoms with Gasteiger partial charge in [0.25, 0.3) is 0 Å². The van der Waals surface area contributed by atoms with E-state index in [2.05, 4.69) is 49.1 Å². The maximum Gasteiger partial charge on any atom is 0.125 e. The number of aromatic nitrogens is 1. The van der Waals surface area contributed by atoms with Crippen LogP contribution in [0.3, 0.4) is 0 Å². The van der Waals surface area contributed by atoms with Crippen molar-refractivity contribution in [1.82, 2.24) is 9.88 Å². The van der Waals surface area contributed by atoms with Gasteiger partial charge in [-0.3, -0.25) is 4.90 Å². The van der Waals surface area contributed by atoms with Crippen molar-refractivity contribution < 1.29 is 0 Å². The Hall–Kier alpha value is -1.09. The summed E-state index contributed by atoms with van der Waals surface area (Å²) in [5.74, 6) is 0.952. The zero-order chi connectivity index (χ0) is 11.3. The molecule has 0 aliphatic heterocycles. The van der Waals surface area contributed by atoms with Crippen molar-refractivity contribution >= 4 is 5.82 Å². The van der Waals surface area contributed by atoms with E-state index >= 15 is 0 Å². The minimum atomic E-state index is 0.568. The first kappa shape index (κ1) is 12.0. The minimum absolute atomic E-state index is 0.568. The van der Waals surface area contributed by atoms with Crippen molar-refractivity contribution in [3.63, 3.8) is 0 Å². The van der Waals surface area contributed by atoms with Crippen LogP contribution in [-0.4, -0.2) is 29.5 Å². The third-order valence-corrected chi connectivity index (χ3v) is 2.50. The molecule has 0 aromatic carbocycles. The van der Waals surface area contributed by atoms with E-state index in [1.807, 2.05) is 12.3 Å². The predicted molar refractivity (Wildman–Crippen MR) is 65.0 cm³/mol. The van der Waals surface area contributed by atoms with Gasteiger partial charge >= 0.3 is 0 Å². The second-order valence-corrected chi connectivity index (χ2v) is 4.09. The first-order chi connectivity index (χ1) is 7.13.